The Morgan fingerprint density at radius 3 is 2.31 bits per heavy atom. The minimum atomic E-state index is -0.761. The Morgan fingerprint density at radius 2 is 2.00 bits per heavy atom. The van der Waals surface area contributed by atoms with Gasteiger partial charge >= 0.3 is 0 Å². The van der Waals surface area contributed by atoms with Crippen molar-refractivity contribution in [1.29, 1.82) is 0 Å². The Morgan fingerprint density at radius 1 is 1.46 bits per heavy atom. The number of rotatable bonds is 4. The Balaban J connectivity index is 2.39. The highest BCUT2D eigenvalue weighted by Gasteiger charge is 2.40. The molecule has 13 heavy (non-hydrogen) atoms. The minimum absolute atomic E-state index is 0.266. The van der Waals surface area contributed by atoms with Crippen molar-refractivity contribution in [2.24, 2.45) is 5.73 Å². The van der Waals surface area contributed by atoms with E-state index in [-0.39, 0.29) is 19.1 Å². The zero-order chi connectivity index (χ0) is 9.90. The molecule has 1 fully saturated rings. The SMILES string of the molecule is NC1(C(=O)NC(CO)CO)CCC1. The van der Waals surface area contributed by atoms with E-state index in [0.717, 1.165) is 6.42 Å². The predicted octanol–water partition coefficient (Wildman–Crippen LogP) is -1.66. The monoisotopic (exact) mass is 188 g/mol. The van der Waals surface area contributed by atoms with Crippen LogP contribution in [0.25, 0.3) is 0 Å². The summed E-state index contributed by atoms with van der Waals surface area (Å²) in [4.78, 5) is 11.4. The summed E-state index contributed by atoms with van der Waals surface area (Å²) in [6.45, 7) is -0.531. The molecular formula is C8H16N2O3. The predicted molar refractivity (Wildman–Crippen MR) is 46.9 cm³/mol. The molecule has 0 unspecified atom stereocenters. The summed E-state index contributed by atoms with van der Waals surface area (Å²) in [5, 5.41) is 19.9. The number of nitrogens with two attached hydrogens (primary N) is 1. The molecule has 1 rings (SSSR count). The maximum atomic E-state index is 11.4. The Hall–Kier alpha value is -0.650. The number of carbonyl (C=O) groups is 1. The third-order valence-electron chi connectivity index (χ3n) is 2.47. The van der Waals surface area contributed by atoms with Crippen molar-refractivity contribution < 1.29 is 15.0 Å². The van der Waals surface area contributed by atoms with Gasteiger partial charge in [0.1, 0.15) is 0 Å². The average molecular weight is 188 g/mol. The van der Waals surface area contributed by atoms with Crippen LogP contribution < -0.4 is 11.1 Å². The summed E-state index contributed by atoms with van der Waals surface area (Å²) in [7, 11) is 0. The number of aliphatic hydroxyl groups is 2. The summed E-state index contributed by atoms with van der Waals surface area (Å²) in [5.74, 6) is -0.271. The van der Waals surface area contributed by atoms with E-state index in [9.17, 15) is 4.79 Å². The zero-order valence-electron chi connectivity index (χ0n) is 7.49. The number of nitrogens with one attached hydrogen (secondary N) is 1. The van der Waals surface area contributed by atoms with Crippen molar-refractivity contribution in [2.45, 2.75) is 30.8 Å². The maximum absolute atomic E-state index is 11.4. The van der Waals surface area contributed by atoms with Crippen LogP contribution in [0.3, 0.4) is 0 Å². The van der Waals surface area contributed by atoms with Gasteiger partial charge in [0, 0.05) is 0 Å². The standard InChI is InChI=1S/C8H16N2O3/c9-8(2-1-3-8)7(13)10-6(4-11)5-12/h6,11-12H,1-5,9H2,(H,10,13). The lowest BCUT2D eigenvalue weighted by Gasteiger charge is -2.37. The van der Waals surface area contributed by atoms with Crippen molar-refractivity contribution in [1.82, 2.24) is 5.32 Å². The molecule has 5 N–H and O–H groups in total. The van der Waals surface area contributed by atoms with Crippen LogP contribution >= 0.6 is 0 Å². The van der Waals surface area contributed by atoms with E-state index in [1.807, 2.05) is 0 Å². The van der Waals surface area contributed by atoms with Gasteiger partial charge in [0.25, 0.3) is 0 Å². The maximum Gasteiger partial charge on any atom is 0.240 e. The molecule has 1 aliphatic carbocycles. The molecule has 1 amide bonds. The quantitative estimate of drug-likeness (QED) is 0.424. The van der Waals surface area contributed by atoms with Gasteiger partial charge in [-0.05, 0) is 19.3 Å². The molecule has 76 valence electrons. The first-order valence-corrected chi connectivity index (χ1v) is 4.44. The number of hydrogen-bond acceptors (Lipinski definition) is 4. The van der Waals surface area contributed by atoms with E-state index < -0.39 is 11.6 Å². The summed E-state index contributed by atoms with van der Waals surface area (Å²) in [6.07, 6.45) is 2.33. The van der Waals surface area contributed by atoms with Gasteiger partial charge in [-0.3, -0.25) is 4.79 Å². The molecular weight excluding hydrogens is 172 g/mol. The van der Waals surface area contributed by atoms with E-state index >= 15 is 0 Å². The lowest BCUT2D eigenvalue weighted by Crippen LogP contribution is -2.61. The van der Waals surface area contributed by atoms with Gasteiger partial charge in [0.05, 0.1) is 24.8 Å². The Bertz CT molecular complexity index is 188. The molecule has 0 bridgehead atoms. The molecule has 0 aromatic carbocycles. The molecule has 1 aliphatic rings. The molecule has 0 radical (unpaired) electrons. The van der Waals surface area contributed by atoms with Crippen molar-refractivity contribution in [2.75, 3.05) is 13.2 Å². The van der Waals surface area contributed by atoms with Gasteiger partial charge in [0.2, 0.25) is 5.91 Å². The largest absolute Gasteiger partial charge is 0.394 e. The van der Waals surface area contributed by atoms with Crippen LogP contribution in [-0.2, 0) is 4.79 Å². The van der Waals surface area contributed by atoms with E-state index in [1.54, 1.807) is 0 Å². The van der Waals surface area contributed by atoms with Gasteiger partial charge in [-0.25, -0.2) is 0 Å². The van der Waals surface area contributed by atoms with Crippen molar-refractivity contribution in [3.05, 3.63) is 0 Å². The van der Waals surface area contributed by atoms with Crippen molar-refractivity contribution in [3.8, 4) is 0 Å². The second kappa shape index (κ2) is 4.04. The van der Waals surface area contributed by atoms with E-state index in [2.05, 4.69) is 5.32 Å². The number of aliphatic hydroxyl groups excluding tert-OH is 2. The van der Waals surface area contributed by atoms with Crippen LogP contribution in [0.15, 0.2) is 0 Å². The van der Waals surface area contributed by atoms with Crippen LogP contribution in [0.1, 0.15) is 19.3 Å². The second-order valence-corrected chi connectivity index (χ2v) is 3.55. The fourth-order valence-electron chi connectivity index (χ4n) is 1.26. The normalized spacial score (nSPS) is 19.7. The van der Waals surface area contributed by atoms with Crippen LogP contribution in [0.2, 0.25) is 0 Å². The first-order valence-electron chi connectivity index (χ1n) is 4.44. The third kappa shape index (κ3) is 2.18. The summed E-state index contributed by atoms with van der Waals surface area (Å²) in [6, 6.07) is -0.589. The van der Waals surface area contributed by atoms with Crippen LogP contribution in [0.5, 0.6) is 0 Å². The number of hydrogen-bond donors (Lipinski definition) is 4. The Kier molecular flexibility index (Phi) is 3.24. The van der Waals surface area contributed by atoms with Gasteiger partial charge in [0.15, 0.2) is 0 Å². The Labute approximate surface area is 76.9 Å². The average Bonchev–Trinajstić information content (AvgIpc) is 2.09. The number of amides is 1. The highest BCUT2D eigenvalue weighted by atomic mass is 16.3. The molecule has 5 nitrogen and oxygen atoms in total. The second-order valence-electron chi connectivity index (χ2n) is 3.55. The van der Waals surface area contributed by atoms with Gasteiger partial charge in [-0.15, -0.1) is 0 Å². The van der Waals surface area contributed by atoms with Crippen LogP contribution in [0.4, 0.5) is 0 Å². The number of carbonyl (C=O) groups excluding carboxylic acids is 1. The van der Waals surface area contributed by atoms with Crippen molar-refractivity contribution >= 4 is 5.91 Å². The summed E-state index contributed by atoms with van der Waals surface area (Å²) in [5.41, 5.74) is 4.97. The zero-order valence-corrected chi connectivity index (χ0v) is 7.49. The molecule has 0 saturated heterocycles. The van der Waals surface area contributed by atoms with Crippen LogP contribution in [0, 0.1) is 0 Å². The summed E-state index contributed by atoms with van der Waals surface area (Å²) < 4.78 is 0. The molecule has 0 atom stereocenters. The van der Waals surface area contributed by atoms with Gasteiger partial charge in [-0.2, -0.15) is 0 Å². The molecule has 0 spiro atoms. The highest BCUT2D eigenvalue weighted by molar-refractivity contribution is 5.87. The first-order chi connectivity index (χ1) is 6.12. The third-order valence-corrected chi connectivity index (χ3v) is 2.47. The molecule has 0 aliphatic heterocycles. The van der Waals surface area contributed by atoms with E-state index in [4.69, 9.17) is 15.9 Å². The van der Waals surface area contributed by atoms with E-state index in [0.29, 0.717) is 12.8 Å². The molecule has 0 heterocycles. The smallest absolute Gasteiger partial charge is 0.240 e. The van der Waals surface area contributed by atoms with Crippen LogP contribution in [-0.4, -0.2) is 40.9 Å². The van der Waals surface area contributed by atoms with Crippen molar-refractivity contribution in [3.63, 3.8) is 0 Å². The topological polar surface area (TPSA) is 95.6 Å². The lowest BCUT2D eigenvalue weighted by atomic mass is 9.77. The molecule has 1 saturated carbocycles. The fraction of sp³-hybridized carbons (Fsp3) is 0.875. The molecule has 5 heteroatoms. The first kappa shape index (κ1) is 10.4. The molecule has 0 aromatic heterocycles. The minimum Gasteiger partial charge on any atom is -0.394 e. The summed E-state index contributed by atoms with van der Waals surface area (Å²) >= 11 is 0. The molecule has 0 aromatic rings. The fourth-order valence-corrected chi connectivity index (χ4v) is 1.26. The van der Waals surface area contributed by atoms with Gasteiger partial charge in [-0.1, -0.05) is 0 Å². The lowest BCUT2D eigenvalue weighted by molar-refractivity contribution is -0.130. The van der Waals surface area contributed by atoms with E-state index in [1.165, 1.54) is 0 Å². The van der Waals surface area contributed by atoms with Gasteiger partial charge < -0.3 is 21.3 Å². The highest BCUT2D eigenvalue weighted by Crippen LogP contribution is 2.29.